The predicted octanol–water partition coefficient (Wildman–Crippen LogP) is 2.65. The number of carboxylic acids is 1. The van der Waals surface area contributed by atoms with Gasteiger partial charge in [-0.15, -0.1) is 0 Å². The van der Waals surface area contributed by atoms with Gasteiger partial charge in [-0.3, -0.25) is 9.69 Å². The van der Waals surface area contributed by atoms with Crippen molar-refractivity contribution in [2.24, 2.45) is 0 Å². The van der Waals surface area contributed by atoms with Gasteiger partial charge < -0.3 is 19.9 Å². The molecule has 3 rings (SSSR count). The van der Waals surface area contributed by atoms with Crippen LogP contribution in [0.1, 0.15) is 12.5 Å². The molecule has 0 aromatic heterocycles. The molecule has 27 heavy (non-hydrogen) atoms. The molecule has 7 heteroatoms. The van der Waals surface area contributed by atoms with Crippen molar-refractivity contribution in [1.82, 2.24) is 5.32 Å². The molecule has 142 valence electrons. The summed E-state index contributed by atoms with van der Waals surface area (Å²) in [4.78, 5) is 24.4. The lowest BCUT2D eigenvalue weighted by atomic mass is 10.2. The van der Waals surface area contributed by atoms with E-state index >= 15 is 0 Å². The molecule has 0 bridgehead atoms. The van der Waals surface area contributed by atoms with Gasteiger partial charge in [-0.1, -0.05) is 30.3 Å². The molecule has 2 aromatic rings. The molecule has 1 aliphatic rings. The van der Waals surface area contributed by atoms with E-state index in [1.807, 2.05) is 54.6 Å². The fourth-order valence-electron chi connectivity index (χ4n) is 2.68. The second kappa shape index (κ2) is 8.55. The van der Waals surface area contributed by atoms with E-state index < -0.39 is 12.0 Å². The second-order valence-electron chi connectivity index (χ2n) is 6.35. The molecule has 2 aromatic carbocycles. The summed E-state index contributed by atoms with van der Waals surface area (Å²) in [6.45, 7) is 2.77. The summed E-state index contributed by atoms with van der Waals surface area (Å²) in [5, 5.41) is 11.8. The summed E-state index contributed by atoms with van der Waals surface area (Å²) in [5.74, 6) is -0.218. The van der Waals surface area contributed by atoms with Crippen LogP contribution in [0.3, 0.4) is 0 Å². The molecule has 0 saturated carbocycles. The van der Waals surface area contributed by atoms with Gasteiger partial charge in [-0.05, 0) is 36.8 Å². The van der Waals surface area contributed by atoms with Gasteiger partial charge in [0.1, 0.15) is 18.4 Å². The zero-order chi connectivity index (χ0) is 19.2. The maximum atomic E-state index is 12.0. The lowest BCUT2D eigenvalue weighted by Crippen LogP contribution is -2.33. The first-order chi connectivity index (χ1) is 13.0. The smallest absolute Gasteiger partial charge is 0.414 e. The van der Waals surface area contributed by atoms with Gasteiger partial charge in [0.25, 0.3) is 0 Å². The number of amides is 1. The largest absolute Gasteiger partial charge is 0.490 e. The number of carboxylic acid groups (broad SMARTS) is 1. The number of cyclic esters (lactones) is 1. The van der Waals surface area contributed by atoms with E-state index in [1.165, 1.54) is 0 Å². The average Bonchev–Trinajstić information content (AvgIpc) is 3.06. The SMILES string of the molecule is CC(NCc1ccc(OCC2CN(c3ccccc3)C(=O)O2)cc1)C(=O)O. The van der Waals surface area contributed by atoms with Crippen molar-refractivity contribution in [3.8, 4) is 5.75 Å². The minimum Gasteiger partial charge on any atom is -0.490 e. The monoisotopic (exact) mass is 370 g/mol. The van der Waals surface area contributed by atoms with Gasteiger partial charge in [0.15, 0.2) is 6.10 Å². The van der Waals surface area contributed by atoms with Gasteiger partial charge in [-0.2, -0.15) is 0 Å². The standard InChI is InChI=1S/C20H22N2O5/c1-14(19(23)24)21-11-15-7-9-17(10-8-15)26-13-18-12-22(20(25)27-18)16-5-3-2-4-6-16/h2-10,14,18,21H,11-13H2,1H3,(H,23,24). The van der Waals surface area contributed by atoms with Crippen molar-refractivity contribution in [3.63, 3.8) is 0 Å². The van der Waals surface area contributed by atoms with Crippen LogP contribution in [-0.4, -0.2) is 42.5 Å². The van der Waals surface area contributed by atoms with Gasteiger partial charge in [0.05, 0.1) is 6.54 Å². The normalized spacial score (nSPS) is 17.4. The number of ether oxygens (including phenoxy) is 2. The topological polar surface area (TPSA) is 88.1 Å². The molecule has 1 fully saturated rings. The minimum absolute atomic E-state index is 0.267. The van der Waals surface area contributed by atoms with E-state index in [2.05, 4.69) is 5.32 Å². The molecular formula is C20H22N2O5. The summed E-state index contributed by atoms with van der Waals surface area (Å²) in [5.41, 5.74) is 1.76. The Balaban J connectivity index is 1.48. The molecule has 0 spiro atoms. The Morgan fingerprint density at radius 2 is 1.96 bits per heavy atom. The van der Waals surface area contributed by atoms with Crippen LogP contribution in [0, 0.1) is 0 Å². The maximum absolute atomic E-state index is 12.0. The summed E-state index contributed by atoms with van der Waals surface area (Å²) < 4.78 is 11.1. The molecule has 2 N–H and O–H groups in total. The number of carbonyl (C=O) groups is 2. The van der Waals surface area contributed by atoms with Crippen LogP contribution < -0.4 is 15.0 Å². The lowest BCUT2D eigenvalue weighted by Gasteiger charge is -2.13. The third-order valence-corrected chi connectivity index (χ3v) is 4.28. The number of rotatable bonds is 8. The Labute approximate surface area is 157 Å². The van der Waals surface area contributed by atoms with Crippen LogP contribution in [-0.2, 0) is 16.1 Å². The van der Waals surface area contributed by atoms with Crippen LogP contribution in [0.4, 0.5) is 10.5 Å². The van der Waals surface area contributed by atoms with Crippen LogP contribution in [0.15, 0.2) is 54.6 Å². The third kappa shape index (κ3) is 4.98. The van der Waals surface area contributed by atoms with Gasteiger partial charge >= 0.3 is 12.1 Å². The molecule has 2 atom stereocenters. The molecule has 1 heterocycles. The van der Waals surface area contributed by atoms with E-state index in [-0.39, 0.29) is 18.8 Å². The lowest BCUT2D eigenvalue weighted by molar-refractivity contribution is -0.139. The van der Waals surface area contributed by atoms with Crippen molar-refractivity contribution in [2.75, 3.05) is 18.1 Å². The van der Waals surface area contributed by atoms with Crippen molar-refractivity contribution < 1.29 is 24.2 Å². The first kappa shape index (κ1) is 18.7. The molecule has 0 aliphatic carbocycles. The highest BCUT2D eigenvalue weighted by atomic mass is 16.6. The predicted molar refractivity (Wildman–Crippen MR) is 99.9 cm³/mol. The third-order valence-electron chi connectivity index (χ3n) is 4.28. The Hall–Kier alpha value is -3.06. The summed E-state index contributed by atoms with van der Waals surface area (Å²) in [6.07, 6.45) is -0.709. The molecule has 1 saturated heterocycles. The van der Waals surface area contributed by atoms with Crippen molar-refractivity contribution in [3.05, 3.63) is 60.2 Å². The van der Waals surface area contributed by atoms with Crippen molar-refractivity contribution >= 4 is 17.7 Å². The molecule has 1 amide bonds. The summed E-state index contributed by atoms with van der Waals surface area (Å²) in [7, 11) is 0. The number of aliphatic carboxylic acids is 1. The zero-order valence-corrected chi connectivity index (χ0v) is 15.0. The quantitative estimate of drug-likeness (QED) is 0.743. The van der Waals surface area contributed by atoms with Crippen molar-refractivity contribution in [1.29, 1.82) is 0 Å². The molecule has 7 nitrogen and oxygen atoms in total. The highest BCUT2D eigenvalue weighted by Gasteiger charge is 2.32. The molecule has 1 aliphatic heterocycles. The molecular weight excluding hydrogens is 348 g/mol. The number of nitrogens with one attached hydrogen (secondary N) is 1. The maximum Gasteiger partial charge on any atom is 0.414 e. The number of nitrogens with zero attached hydrogens (tertiary/aromatic N) is 1. The zero-order valence-electron chi connectivity index (χ0n) is 15.0. The number of hydrogen-bond donors (Lipinski definition) is 2. The van der Waals surface area contributed by atoms with E-state index in [9.17, 15) is 9.59 Å². The van der Waals surface area contributed by atoms with Crippen LogP contribution in [0.2, 0.25) is 0 Å². The van der Waals surface area contributed by atoms with E-state index in [0.717, 1.165) is 11.3 Å². The first-order valence-corrected chi connectivity index (χ1v) is 8.74. The fourth-order valence-corrected chi connectivity index (χ4v) is 2.68. The minimum atomic E-state index is -0.884. The van der Waals surface area contributed by atoms with Crippen LogP contribution in [0.25, 0.3) is 0 Å². The highest BCUT2D eigenvalue weighted by Crippen LogP contribution is 2.22. The van der Waals surface area contributed by atoms with E-state index in [4.69, 9.17) is 14.6 Å². The highest BCUT2D eigenvalue weighted by molar-refractivity contribution is 5.89. The van der Waals surface area contributed by atoms with Crippen LogP contribution in [0.5, 0.6) is 5.75 Å². The van der Waals surface area contributed by atoms with Gasteiger partial charge in [0.2, 0.25) is 0 Å². The Morgan fingerprint density at radius 3 is 2.63 bits per heavy atom. The van der Waals surface area contributed by atoms with E-state index in [1.54, 1.807) is 11.8 Å². The first-order valence-electron chi connectivity index (χ1n) is 8.74. The fraction of sp³-hybridized carbons (Fsp3) is 0.300. The Morgan fingerprint density at radius 1 is 1.26 bits per heavy atom. The molecule has 0 radical (unpaired) electrons. The Kier molecular flexibility index (Phi) is 5.93. The number of benzene rings is 2. The van der Waals surface area contributed by atoms with Gasteiger partial charge in [-0.25, -0.2) is 4.79 Å². The second-order valence-corrected chi connectivity index (χ2v) is 6.35. The van der Waals surface area contributed by atoms with Gasteiger partial charge in [0, 0.05) is 12.2 Å². The number of carbonyl (C=O) groups excluding carboxylic acids is 1. The summed E-state index contributed by atoms with van der Waals surface area (Å²) in [6, 6.07) is 16.1. The summed E-state index contributed by atoms with van der Waals surface area (Å²) >= 11 is 0. The average molecular weight is 370 g/mol. The van der Waals surface area contributed by atoms with Crippen molar-refractivity contribution in [2.45, 2.75) is 25.6 Å². The van der Waals surface area contributed by atoms with E-state index in [0.29, 0.717) is 18.8 Å². The number of hydrogen-bond acceptors (Lipinski definition) is 5. The number of anilines is 1. The van der Waals surface area contributed by atoms with Crippen LogP contribution >= 0.6 is 0 Å². The Bertz CT molecular complexity index is 779. The number of para-hydroxylation sites is 1. The molecule has 2 unspecified atom stereocenters.